The largest absolute Gasteiger partial charge is 0.463 e. The van der Waals surface area contributed by atoms with Gasteiger partial charge in [-0.25, -0.2) is 4.79 Å². The molecule has 0 spiro atoms. The maximum Gasteiger partial charge on any atom is 0.350 e. The number of carbonyl (C=O) groups is 1. The first-order chi connectivity index (χ1) is 9.29. The number of nitrogens with zero attached hydrogens (tertiary/aromatic N) is 1. The zero-order valence-corrected chi connectivity index (χ0v) is 11.2. The SMILES string of the molecule is CCOC(=O)C1CC(CCCc2ccccc2)=NO1. The van der Waals surface area contributed by atoms with Crippen molar-refractivity contribution >= 4 is 11.7 Å². The summed E-state index contributed by atoms with van der Waals surface area (Å²) in [6.45, 7) is 2.16. The number of hydrogen-bond acceptors (Lipinski definition) is 4. The topological polar surface area (TPSA) is 47.9 Å². The molecule has 0 aliphatic carbocycles. The fraction of sp³-hybridized carbons (Fsp3) is 0.467. The summed E-state index contributed by atoms with van der Waals surface area (Å²) in [5, 5.41) is 3.97. The average Bonchev–Trinajstić information content (AvgIpc) is 2.89. The van der Waals surface area contributed by atoms with Crippen LogP contribution in [0.15, 0.2) is 35.5 Å². The van der Waals surface area contributed by atoms with Gasteiger partial charge in [-0.2, -0.15) is 0 Å². The van der Waals surface area contributed by atoms with Gasteiger partial charge in [0, 0.05) is 6.42 Å². The molecular weight excluding hydrogens is 242 g/mol. The third kappa shape index (κ3) is 4.09. The molecule has 1 aliphatic rings. The fourth-order valence-electron chi connectivity index (χ4n) is 2.08. The third-order valence-corrected chi connectivity index (χ3v) is 3.05. The van der Waals surface area contributed by atoms with Crippen LogP contribution < -0.4 is 0 Å². The van der Waals surface area contributed by atoms with Crippen molar-refractivity contribution in [2.24, 2.45) is 5.16 Å². The van der Waals surface area contributed by atoms with Gasteiger partial charge in [0.15, 0.2) is 0 Å². The quantitative estimate of drug-likeness (QED) is 0.740. The molecule has 102 valence electrons. The van der Waals surface area contributed by atoms with Gasteiger partial charge in [0.1, 0.15) is 0 Å². The highest BCUT2D eigenvalue weighted by atomic mass is 16.7. The molecular formula is C15H19NO3. The summed E-state index contributed by atoms with van der Waals surface area (Å²) in [5.74, 6) is -0.315. The maximum atomic E-state index is 11.5. The van der Waals surface area contributed by atoms with Crippen molar-refractivity contribution in [3.63, 3.8) is 0 Å². The van der Waals surface area contributed by atoms with Crippen LogP contribution in [0.4, 0.5) is 0 Å². The molecule has 0 radical (unpaired) electrons. The van der Waals surface area contributed by atoms with E-state index in [4.69, 9.17) is 9.57 Å². The minimum Gasteiger partial charge on any atom is -0.463 e. The van der Waals surface area contributed by atoms with Crippen molar-refractivity contribution < 1.29 is 14.4 Å². The number of carbonyl (C=O) groups excluding carboxylic acids is 1. The molecule has 1 atom stereocenters. The van der Waals surface area contributed by atoms with E-state index in [2.05, 4.69) is 17.3 Å². The molecule has 1 aromatic carbocycles. The van der Waals surface area contributed by atoms with Gasteiger partial charge in [0.05, 0.1) is 12.3 Å². The van der Waals surface area contributed by atoms with Gasteiger partial charge in [-0.15, -0.1) is 0 Å². The summed E-state index contributed by atoms with van der Waals surface area (Å²) in [5.41, 5.74) is 2.28. The molecule has 4 nitrogen and oxygen atoms in total. The Kier molecular flexibility index (Phi) is 4.95. The van der Waals surface area contributed by atoms with E-state index in [0.717, 1.165) is 25.0 Å². The molecule has 0 aromatic heterocycles. The summed E-state index contributed by atoms with van der Waals surface area (Å²) >= 11 is 0. The summed E-state index contributed by atoms with van der Waals surface area (Å²) < 4.78 is 4.91. The molecule has 1 aliphatic heterocycles. The number of oxime groups is 1. The molecule has 1 heterocycles. The lowest BCUT2D eigenvalue weighted by Gasteiger charge is -2.06. The monoisotopic (exact) mass is 261 g/mol. The van der Waals surface area contributed by atoms with Crippen LogP contribution in [0.1, 0.15) is 31.7 Å². The van der Waals surface area contributed by atoms with Crippen LogP contribution in [0.3, 0.4) is 0 Å². The molecule has 0 bridgehead atoms. The molecule has 0 saturated carbocycles. The second-order valence-electron chi connectivity index (χ2n) is 4.55. The predicted molar refractivity (Wildman–Crippen MR) is 72.9 cm³/mol. The van der Waals surface area contributed by atoms with E-state index in [1.807, 2.05) is 18.2 Å². The van der Waals surface area contributed by atoms with Crippen LogP contribution in [0.2, 0.25) is 0 Å². The van der Waals surface area contributed by atoms with Crippen LogP contribution in [-0.2, 0) is 20.8 Å². The van der Waals surface area contributed by atoms with Gasteiger partial charge in [-0.05, 0) is 31.7 Å². The van der Waals surface area contributed by atoms with Gasteiger partial charge < -0.3 is 9.57 Å². The zero-order valence-electron chi connectivity index (χ0n) is 11.2. The number of ether oxygens (including phenoxy) is 1. The van der Waals surface area contributed by atoms with E-state index in [1.54, 1.807) is 6.92 Å². The van der Waals surface area contributed by atoms with Crippen LogP contribution in [0, 0.1) is 0 Å². The summed E-state index contributed by atoms with van der Waals surface area (Å²) in [6.07, 6.45) is 2.93. The molecule has 0 saturated heterocycles. The molecule has 4 heteroatoms. The van der Waals surface area contributed by atoms with Crippen LogP contribution >= 0.6 is 0 Å². The van der Waals surface area contributed by atoms with E-state index in [9.17, 15) is 4.79 Å². The molecule has 1 aromatic rings. The predicted octanol–water partition coefficient (Wildman–Crippen LogP) is 2.72. The van der Waals surface area contributed by atoms with Gasteiger partial charge in [-0.3, -0.25) is 0 Å². The van der Waals surface area contributed by atoms with Crippen LogP contribution in [-0.4, -0.2) is 24.4 Å². The lowest BCUT2D eigenvalue weighted by atomic mass is 10.0. The highest BCUT2D eigenvalue weighted by Crippen LogP contribution is 2.16. The highest BCUT2D eigenvalue weighted by Gasteiger charge is 2.28. The van der Waals surface area contributed by atoms with Crippen molar-refractivity contribution in [3.8, 4) is 0 Å². The first-order valence-corrected chi connectivity index (χ1v) is 6.71. The maximum absolute atomic E-state index is 11.5. The Morgan fingerprint density at radius 3 is 2.89 bits per heavy atom. The number of hydrogen-bond donors (Lipinski definition) is 0. The summed E-state index contributed by atoms with van der Waals surface area (Å²) in [7, 11) is 0. The van der Waals surface area contributed by atoms with Gasteiger partial charge in [0.2, 0.25) is 6.10 Å². The number of esters is 1. The average molecular weight is 261 g/mol. The Morgan fingerprint density at radius 2 is 2.16 bits per heavy atom. The van der Waals surface area contributed by atoms with E-state index < -0.39 is 6.10 Å². The standard InChI is InChI=1S/C15H19NO3/c1-2-18-15(17)14-11-13(16-19-14)10-6-9-12-7-4-3-5-8-12/h3-5,7-8,14H,2,6,9-11H2,1H3. The molecule has 1 unspecified atom stereocenters. The second-order valence-corrected chi connectivity index (χ2v) is 4.55. The Morgan fingerprint density at radius 1 is 1.37 bits per heavy atom. The van der Waals surface area contributed by atoms with Crippen molar-refractivity contribution in [2.75, 3.05) is 6.61 Å². The minimum atomic E-state index is -0.535. The fourth-order valence-corrected chi connectivity index (χ4v) is 2.08. The Labute approximate surface area is 113 Å². The van der Waals surface area contributed by atoms with Crippen LogP contribution in [0.25, 0.3) is 0 Å². The van der Waals surface area contributed by atoms with Crippen molar-refractivity contribution in [3.05, 3.63) is 35.9 Å². The lowest BCUT2D eigenvalue weighted by Crippen LogP contribution is -2.23. The molecule has 19 heavy (non-hydrogen) atoms. The normalized spacial score (nSPS) is 17.7. The number of rotatable bonds is 6. The molecule has 0 fully saturated rings. The second kappa shape index (κ2) is 6.92. The molecule has 0 N–H and O–H groups in total. The van der Waals surface area contributed by atoms with Crippen molar-refractivity contribution in [2.45, 2.75) is 38.7 Å². The van der Waals surface area contributed by atoms with Crippen LogP contribution in [0.5, 0.6) is 0 Å². The van der Waals surface area contributed by atoms with Gasteiger partial charge in [0.25, 0.3) is 0 Å². The van der Waals surface area contributed by atoms with E-state index >= 15 is 0 Å². The highest BCUT2D eigenvalue weighted by molar-refractivity contribution is 5.91. The van der Waals surface area contributed by atoms with E-state index in [-0.39, 0.29) is 5.97 Å². The van der Waals surface area contributed by atoms with Crippen molar-refractivity contribution in [1.29, 1.82) is 0 Å². The Balaban J connectivity index is 1.69. The number of benzene rings is 1. The third-order valence-electron chi connectivity index (χ3n) is 3.05. The summed E-state index contributed by atoms with van der Waals surface area (Å²) in [6, 6.07) is 10.3. The smallest absolute Gasteiger partial charge is 0.350 e. The van der Waals surface area contributed by atoms with E-state index in [1.165, 1.54) is 5.56 Å². The Bertz CT molecular complexity index is 442. The minimum absolute atomic E-state index is 0.315. The van der Waals surface area contributed by atoms with Gasteiger partial charge in [-0.1, -0.05) is 35.5 Å². The molecule has 2 rings (SSSR count). The summed E-state index contributed by atoms with van der Waals surface area (Å²) in [4.78, 5) is 16.6. The molecule has 0 amide bonds. The van der Waals surface area contributed by atoms with Crippen molar-refractivity contribution in [1.82, 2.24) is 0 Å². The van der Waals surface area contributed by atoms with Gasteiger partial charge >= 0.3 is 5.97 Å². The number of aryl methyl sites for hydroxylation is 1. The van der Waals surface area contributed by atoms with E-state index in [0.29, 0.717) is 13.0 Å². The first-order valence-electron chi connectivity index (χ1n) is 6.71. The Hall–Kier alpha value is -1.84. The zero-order chi connectivity index (χ0) is 13.5. The first kappa shape index (κ1) is 13.6. The lowest BCUT2D eigenvalue weighted by molar-refractivity contribution is -0.154.